The number of aromatic nitrogens is 1. The summed E-state index contributed by atoms with van der Waals surface area (Å²) in [5, 5.41) is 2.98. The van der Waals surface area contributed by atoms with E-state index in [1.165, 1.54) is 0 Å². The molecule has 1 amide bonds. The molecule has 5 heteroatoms. The van der Waals surface area contributed by atoms with Crippen LogP contribution in [-0.4, -0.2) is 30.1 Å². The third-order valence-corrected chi connectivity index (χ3v) is 2.98. The number of nitrogens with two attached hydrogens (primary N) is 1. The normalized spacial score (nSPS) is 12.5. The molecule has 0 radical (unpaired) electrons. The van der Waals surface area contributed by atoms with Gasteiger partial charge >= 0.3 is 0 Å². The van der Waals surface area contributed by atoms with Crippen molar-refractivity contribution < 1.29 is 9.53 Å². The molecule has 1 rings (SSSR count). The summed E-state index contributed by atoms with van der Waals surface area (Å²) in [6.45, 7) is 8.97. The van der Waals surface area contributed by atoms with Crippen molar-refractivity contribution in [3.05, 3.63) is 23.5 Å². The minimum absolute atomic E-state index is 0.0201. The Hall–Kier alpha value is -1.62. The van der Waals surface area contributed by atoms with Gasteiger partial charge < -0.3 is 15.8 Å². The lowest BCUT2D eigenvalue weighted by Gasteiger charge is -2.22. The summed E-state index contributed by atoms with van der Waals surface area (Å²) in [4.78, 5) is 16.3. The van der Waals surface area contributed by atoms with E-state index < -0.39 is 0 Å². The summed E-state index contributed by atoms with van der Waals surface area (Å²) in [6, 6.07) is 1.63. The number of carbonyl (C=O) groups is 1. The monoisotopic (exact) mass is 265 g/mol. The first-order valence-electron chi connectivity index (χ1n) is 6.56. The predicted octanol–water partition coefficient (Wildman–Crippen LogP) is 1.76. The molecule has 0 aliphatic heterocycles. The Balaban J connectivity index is 2.78. The van der Waals surface area contributed by atoms with Crippen LogP contribution in [0.2, 0.25) is 0 Å². The molecule has 5 nitrogen and oxygen atoms in total. The third-order valence-electron chi connectivity index (χ3n) is 2.98. The minimum Gasteiger partial charge on any atom is -0.397 e. The van der Waals surface area contributed by atoms with Crippen molar-refractivity contribution in [2.24, 2.45) is 5.92 Å². The van der Waals surface area contributed by atoms with E-state index in [2.05, 4.69) is 24.1 Å². The molecule has 0 aliphatic carbocycles. The van der Waals surface area contributed by atoms with Gasteiger partial charge in [-0.15, -0.1) is 0 Å². The number of rotatable bonds is 6. The average Bonchev–Trinajstić information content (AvgIpc) is 2.36. The molecule has 1 atom stereocenters. The van der Waals surface area contributed by atoms with Gasteiger partial charge in [-0.1, -0.05) is 13.8 Å². The van der Waals surface area contributed by atoms with Crippen molar-refractivity contribution in [2.75, 3.05) is 18.9 Å². The standard InChI is InChI=1S/C14H23N3O2/c1-5-19-8-13(9(2)3)17-14(18)12-6-11(15)7-16-10(12)4/h6-7,9,13H,5,8,15H2,1-4H3,(H,17,18). The predicted molar refractivity (Wildman–Crippen MR) is 76.0 cm³/mol. The minimum atomic E-state index is -0.157. The maximum atomic E-state index is 12.2. The number of pyridine rings is 1. The zero-order valence-electron chi connectivity index (χ0n) is 12.1. The number of aryl methyl sites for hydroxylation is 1. The second-order valence-corrected chi connectivity index (χ2v) is 4.89. The quantitative estimate of drug-likeness (QED) is 0.821. The molecule has 1 aromatic heterocycles. The molecule has 0 bridgehead atoms. The van der Waals surface area contributed by atoms with Gasteiger partial charge in [-0.25, -0.2) is 0 Å². The van der Waals surface area contributed by atoms with Crippen LogP contribution in [0.15, 0.2) is 12.3 Å². The SMILES string of the molecule is CCOCC(NC(=O)c1cc(N)cnc1C)C(C)C. The Morgan fingerprint density at radius 1 is 1.53 bits per heavy atom. The largest absolute Gasteiger partial charge is 0.397 e. The summed E-state index contributed by atoms with van der Waals surface area (Å²) in [7, 11) is 0. The summed E-state index contributed by atoms with van der Waals surface area (Å²) in [5.74, 6) is 0.139. The molecule has 0 fully saturated rings. The van der Waals surface area contributed by atoms with Gasteiger partial charge in [-0.05, 0) is 25.8 Å². The van der Waals surface area contributed by atoms with Crippen LogP contribution in [0.25, 0.3) is 0 Å². The molecule has 0 saturated carbocycles. The highest BCUT2D eigenvalue weighted by atomic mass is 16.5. The van der Waals surface area contributed by atoms with E-state index in [-0.39, 0.29) is 11.9 Å². The smallest absolute Gasteiger partial charge is 0.253 e. The third kappa shape index (κ3) is 4.52. The zero-order chi connectivity index (χ0) is 14.4. The Morgan fingerprint density at radius 2 is 2.21 bits per heavy atom. The molecule has 1 unspecified atom stereocenters. The van der Waals surface area contributed by atoms with Crippen molar-refractivity contribution in [1.82, 2.24) is 10.3 Å². The van der Waals surface area contributed by atoms with Crippen molar-refractivity contribution >= 4 is 11.6 Å². The summed E-state index contributed by atoms with van der Waals surface area (Å²) >= 11 is 0. The molecular weight excluding hydrogens is 242 g/mol. The molecule has 1 aromatic rings. The van der Waals surface area contributed by atoms with Crippen LogP contribution < -0.4 is 11.1 Å². The molecule has 19 heavy (non-hydrogen) atoms. The Labute approximate surface area is 114 Å². The van der Waals surface area contributed by atoms with Crippen molar-refractivity contribution in [2.45, 2.75) is 33.7 Å². The fourth-order valence-corrected chi connectivity index (χ4v) is 1.67. The van der Waals surface area contributed by atoms with Gasteiger partial charge in [0.25, 0.3) is 5.91 Å². The van der Waals surface area contributed by atoms with E-state index >= 15 is 0 Å². The highest BCUT2D eigenvalue weighted by molar-refractivity contribution is 5.96. The van der Waals surface area contributed by atoms with Gasteiger partial charge in [0.1, 0.15) is 0 Å². The van der Waals surface area contributed by atoms with E-state index in [0.717, 1.165) is 0 Å². The first-order chi connectivity index (χ1) is 8.95. The molecule has 0 aromatic carbocycles. The van der Waals surface area contributed by atoms with Gasteiger partial charge in [-0.2, -0.15) is 0 Å². The van der Waals surface area contributed by atoms with Crippen LogP contribution in [0, 0.1) is 12.8 Å². The number of nitrogen functional groups attached to an aromatic ring is 1. The summed E-state index contributed by atoms with van der Waals surface area (Å²) in [5.41, 5.74) is 7.34. The number of carbonyl (C=O) groups excluding carboxylic acids is 1. The topological polar surface area (TPSA) is 77.2 Å². The number of nitrogens with zero attached hydrogens (tertiary/aromatic N) is 1. The lowest BCUT2D eigenvalue weighted by atomic mass is 10.0. The number of hydrogen-bond donors (Lipinski definition) is 2. The van der Waals surface area contributed by atoms with Crippen LogP contribution >= 0.6 is 0 Å². The number of anilines is 1. The Morgan fingerprint density at radius 3 is 2.79 bits per heavy atom. The lowest BCUT2D eigenvalue weighted by molar-refractivity contribution is 0.0805. The van der Waals surface area contributed by atoms with Gasteiger partial charge in [0, 0.05) is 6.61 Å². The molecule has 106 valence electrons. The first kappa shape index (κ1) is 15.4. The van der Waals surface area contributed by atoms with Crippen LogP contribution in [0.1, 0.15) is 36.8 Å². The van der Waals surface area contributed by atoms with Crippen LogP contribution in [0.5, 0.6) is 0 Å². The highest BCUT2D eigenvalue weighted by Gasteiger charge is 2.19. The Kier molecular flexibility index (Phi) is 5.76. The molecule has 0 aliphatic rings. The molecule has 1 heterocycles. The van der Waals surface area contributed by atoms with E-state index in [1.807, 2.05) is 6.92 Å². The number of ether oxygens (including phenoxy) is 1. The van der Waals surface area contributed by atoms with Crippen molar-refractivity contribution in [3.63, 3.8) is 0 Å². The Bertz CT molecular complexity index is 433. The number of hydrogen-bond acceptors (Lipinski definition) is 4. The van der Waals surface area contributed by atoms with Crippen LogP contribution in [0.3, 0.4) is 0 Å². The maximum absolute atomic E-state index is 12.2. The van der Waals surface area contributed by atoms with Gasteiger partial charge in [-0.3, -0.25) is 9.78 Å². The first-order valence-corrected chi connectivity index (χ1v) is 6.56. The molecule has 3 N–H and O–H groups in total. The molecule has 0 saturated heterocycles. The maximum Gasteiger partial charge on any atom is 0.253 e. The lowest BCUT2D eigenvalue weighted by Crippen LogP contribution is -2.42. The van der Waals surface area contributed by atoms with Gasteiger partial charge in [0.2, 0.25) is 0 Å². The van der Waals surface area contributed by atoms with E-state index in [9.17, 15) is 4.79 Å². The van der Waals surface area contributed by atoms with Crippen molar-refractivity contribution in [3.8, 4) is 0 Å². The number of nitrogens with one attached hydrogen (secondary N) is 1. The fraction of sp³-hybridized carbons (Fsp3) is 0.571. The highest BCUT2D eigenvalue weighted by Crippen LogP contribution is 2.11. The number of amides is 1. The summed E-state index contributed by atoms with van der Waals surface area (Å²) in [6.07, 6.45) is 1.55. The second-order valence-electron chi connectivity index (χ2n) is 4.89. The molecule has 0 spiro atoms. The fourth-order valence-electron chi connectivity index (χ4n) is 1.67. The molecular formula is C14H23N3O2. The summed E-state index contributed by atoms with van der Waals surface area (Å²) < 4.78 is 5.39. The van der Waals surface area contributed by atoms with Crippen molar-refractivity contribution in [1.29, 1.82) is 0 Å². The van der Waals surface area contributed by atoms with E-state index in [1.54, 1.807) is 19.2 Å². The van der Waals surface area contributed by atoms with E-state index in [4.69, 9.17) is 10.5 Å². The van der Waals surface area contributed by atoms with Gasteiger partial charge in [0.15, 0.2) is 0 Å². The van der Waals surface area contributed by atoms with Crippen LogP contribution in [-0.2, 0) is 4.74 Å². The van der Waals surface area contributed by atoms with Gasteiger partial charge in [0.05, 0.1) is 35.8 Å². The second kappa shape index (κ2) is 7.09. The zero-order valence-corrected chi connectivity index (χ0v) is 12.1. The van der Waals surface area contributed by atoms with E-state index in [0.29, 0.717) is 36.1 Å². The van der Waals surface area contributed by atoms with Crippen LogP contribution in [0.4, 0.5) is 5.69 Å². The average molecular weight is 265 g/mol.